The van der Waals surface area contributed by atoms with Crippen molar-refractivity contribution in [1.82, 2.24) is 4.98 Å². The van der Waals surface area contributed by atoms with Crippen LogP contribution in [0, 0.1) is 0 Å². The van der Waals surface area contributed by atoms with Crippen molar-refractivity contribution < 1.29 is 9.53 Å². The zero-order valence-electron chi connectivity index (χ0n) is 16.8. The molecule has 4 aromatic rings. The van der Waals surface area contributed by atoms with Crippen LogP contribution in [0.25, 0.3) is 0 Å². The molecular weight excluding hydrogens is 389 g/mol. The summed E-state index contributed by atoms with van der Waals surface area (Å²) in [6.07, 6.45) is 2.54. The molecular formula is C26H23NO2P+. The van der Waals surface area contributed by atoms with E-state index in [-0.39, 0.29) is 5.97 Å². The molecule has 0 aliphatic rings. The Labute approximate surface area is 177 Å². The van der Waals surface area contributed by atoms with Crippen LogP contribution in [0.2, 0.25) is 0 Å². The van der Waals surface area contributed by atoms with Gasteiger partial charge in [0.15, 0.2) is 0 Å². The average Bonchev–Trinajstić information content (AvgIpc) is 2.84. The third-order valence-electron chi connectivity index (χ3n) is 5.24. The summed E-state index contributed by atoms with van der Waals surface area (Å²) in [4.78, 5) is 17.4. The summed E-state index contributed by atoms with van der Waals surface area (Å²) in [5.41, 5.74) is 1.61. The molecule has 0 fully saturated rings. The van der Waals surface area contributed by atoms with Crippen LogP contribution < -0.4 is 15.9 Å². The van der Waals surface area contributed by atoms with Crippen LogP contribution in [0.1, 0.15) is 16.1 Å². The Morgan fingerprint density at radius 1 is 0.767 bits per heavy atom. The van der Waals surface area contributed by atoms with Crippen LogP contribution >= 0.6 is 7.26 Å². The number of rotatable bonds is 6. The van der Waals surface area contributed by atoms with Crippen molar-refractivity contribution in [3.63, 3.8) is 0 Å². The summed E-state index contributed by atoms with van der Waals surface area (Å²) in [6, 6.07) is 34.8. The molecule has 1 heterocycles. The monoisotopic (exact) mass is 412 g/mol. The third-order valence-corrected chi connectivity index (χ3v) is 9.61. The first-order valence-electron chi connectivity index (χ1n) is 9.83. The minimum absolute atomic E-state index is 0.317. The zero-order valence-corrected chi connectivity index (χ0v) is 17.7. The number of hydrogen-bond donors (Lipinski definition) is 0. The lowest BCUT2D eigenvalue weighted by atomic mass is 10.2. The number of pyridine rings is 1. The van der Waals surface area contributed by atoms with E-state index in [0.717, 1.165) is 17.2 Å². The fourth-order valence-electron chi connectivity index (χ4n) is 3.88. The number of aromatic nitrogens is 1. The highest BCUT2D eigenvalue weighted by Gasteiger charge is 2.48. The van der Waals surface area contributed by atoms with Crippen molar-refractivity contribution in [2.75, 3.05) is 7.11 Å². The molecule has 0 atom stereocenters. The molecule has 0 aliphatic heterocycles. The summed E-state index contributed by atoms with van der Waals surface area (Å²) in [7, 11) is -0.810. The number of carbonyl (C=O) groups excluding carboxylic acids is 1. The topological polar surface area (TPSA) is 39.2 Å². The number of carbonyl (C=O) groups is 1. The van der Waals surface area contributed by atoms with Gasteiger partial charge in [-0.25, -0.2) is 4.79 Å². The van der Waals surface area contributed by atoms with E-state index in [1.54, 1.807) is 0 Å². The van der Waals surface area contributed by atoms with Crippen molar-refractivity contribution in [1.29, 1.82) is 0 Å². The minimum Gasteiger partial charge on any atom is -0.465 e. The summed E-state index contributed by atoms with van der Waals surface area (Å²) in [5.74, 6) is -0.317. The number of nitrogens with zero attached hydrogens (tertiary/aromatic N) is 1. The molecule has 1 aromatic heterocycles. The Morgan fingerprint density at radius 2 is 1.33 bits per heavy atom. The second-order valence-corrected chi connectivity index (χ2v) is 10.4. The van der Waals surface area contributed by atoms with Gasteiger partial charge in [0.1, 0.15) is 34.9 Å². The quantitative estimate of drug-likeness (QED) is 0.349. The van der Waals surface area contributed by atoms with Gasteiger partial charge in [0.05, 0.1) is 12.8 Å². The van der Waals surface area contributed by atoms with Crippen LogP contribution in [-0.4, -0.2) is 18.1 Å². The molecule has 148 valence electrons. The van der Waals surface area contributed by atoms with Gasteiger partial charge in [-0.3, -0.25) is 4.98 Å². The van der Waals surface area contributed by atoms with E-state index < -0.39 is 7.26 Å². The van der Waals surface area contributed by atoms with Crippen LogP contribution in [0.3, 0.4) is 0 Å². The molecule has 0 amide bonds. The Hall–Kier alpha value is -3.29. The van der Waals surface area contributed by atoms with Crippen molar-refractivity contribution in [3.05, 3.63) is 121 Å². The molecule has 0 saturated carbocycles. The van der Waals surface area contributed by atoms with E-state index >= 15 is 0 Å². The van der Waals surface area contributed by atoms with E-state index in [4.69, 9.17) is 4.74 Å². The first-order chi connectivity index (χ1) is 14.8. The first-order valence-corrected chi connectivity index (χ1v) is 11.8. The smallest absolute Gasteiger partial charge is 0.341 e. The summed E-state index contributed by atoms with van der Waals surface area (Å²) in [5, 5.41) is 3.43. The predicted molar refractivity (Wildman–Crippen MR) is 124 cm³/mol. The number of hydrogen-bond acceptors (Lipinski definition) is 3. The third kappa shape index (κ3) is 3.77. The number of ether oxygens (including phenoxy) is 1. The normalized spacial score (nSPS) is 11.1. The molecule has 4 heteroatoms. The SMILES string of the molecule is COC(=O)c1ccccc1[P+](Cc1ccccn1)(c1ccccc1)c1ccccc1. The second-order valence-electron chi connectivity index (χ2n) is 6.97. The predicted octanol–water partition coefficient (Wildman–Crippen LogP) is 4.36. The van der Waals surface area contributed by atoms with Crippen LogP contribution in [0.5, 0.6) is 0 Å². The van der Waals surface area contributed by atoms with Gasteiger partial charge < -0.3 is 4.74 Å². The lowest BCUT2D eigenvalue weighted by Crippen LogP contribution is -2.35. The van der Waals surface area contributed by atoms with E-state index in [9.17, 15) is 4.79 Å². The van der Waals surface area contributed by atoms with Crippen molar-refractivity contribution in [3.8, 4) is 0 Å². The molecule has 0 bridgehead atoms. The number of methoxy groups -OCH3 is 1. The van der Waals surface area contributed by atoms with Gasteiger partial charge in [-0.05, 0) is 48.5 Å². The van der Waals surface area contributed by atoms with Crippen LogP contribution in [-0.2, 0) is 10.9 Å². The second kappa shape index (κ2) is 9.02. The summed E-state index contributed by atoms with van der Waals surface area (Å²) < 4.78 is 5.16. The Balaban J connectivity index is 2.07. The molecule has 30 heavy (non-hydrogen) atoms. The van der Waals surface area contributed by atoms with Gasteiger partial charge in [0.2, 0.25) is 0 Å². The number of benzene rings is 3. The van der Waals surface area contributed by atoms with Crippen molar-refractivity contribution in [2.24, 2.45) is 0 Å². The Morgan fingerprint density at radius 3 is 1.90 bits per heavy atom. The zero-order chi connectivity index (χ0) is 20.8. The molecule has 0 aliphatic carbocycles. The highest BCUT2D eigenvalue weighted by atomic mass is 31.2. The Kier molecular flexibility index (Phi) is 6.02. The fraction of sp³-hybridized carbons (Fsp3) is 0.0769. The van der Waals surface area contributed by atoms with E-state index in [2.05, 4.69) is 65.6 Å². The molecule has 0 N–H and O–H groups in total. The van der Waals surface area contributed by atoms with Gasteiger partial charge in [0.25, 0.3) is 0 Å². The van der Waals surface area contributed by atoms with Gasteiger partial charge in [-0.15, -0.1) is 0 Å². The number of esters is 1. The lowest BCUT2D eigenvalue weighted by Gasteiger charge is -2.28. The molecule has 0 radical (unpaired) electrons. The van der Waals surface area contributed by atoms with Gasteiger partial charge in [0, 0.05) is 6.20 Å². The fourth-order valence-corrected chi connectivity index (χ4v) is 8.23. The average molecular weight is 412 g/mol. The molecule has 0 spiro atoms. The van der Waals surface area contributed by atoms with Crippen molar-refractivity contribution >= 4 is 29.1 Å². The highest BCUT2D eigenvalue weighted by Crippen LogP contribution is 2.58. The standard InChI is InChI=1S/C26H23NO2P/c1-29-26(28)24-17-8-9-18-25(24)30(22-13-4-2-5-14-22,23-15-6-3-7-16-23)20-21-12-10-11-19-27-21/h2-19H,20H2,1H3/q+1. The largest absolute Gasteiger partial charge is 0.465 e. The van der Waals surface area contributed by atoms with Crippen LogP contribution in [0.4, 0.5) is 0 Å². The molecule has 3 aromatic carbocycles. The molecule has 3 nitrogen and oxygen atoms in total. The maximum absolute atomic E-state index is 12.8. The lowest BCUT2D eigenvalue weighted by molar-refractivity contribution is 0.0602. The van der Waals surface area contributed by atoms with Crippen molar-refractivity contribution in [2.45, 2.75) is 6.16 Å². The molecule has 0 saturated heterocycles. The van der Waals surface area contributed by atoms with E-state index in [0.29, 0.717) is 5.56 Å². The highest BCUT2D eigenvalue weighted by molar-refractivity contribution is 7.95. The van der Waals surface area contributed by atoms with Gasteiger partial charge >= 0.3 is 5.97 Å². The minimum atomic E-state index is -2.24. The molecule has 0 unspecified atom stereocenters. The maximum atomic E-state index is 12.8. The Bertz CT molecular complexity index is 1080. The van der Waals surface area contributed by atoms with Gasteiger partial charge in [-0.1, -0.05) is 54.6 Å². The summed E-state index contributed by atoms with van der Waals surface area (Å²) >= 11 is 0. The first kappa shape index (κ1) is 20.0. The van der Waals surface area contributed by atoms with Crippen LogP contribution in [0.15, 0.2) is 109 Å². The van der Waals surface area contributed by atoms with E-state index in [1.165, 1.54) is 17.7 Å². The summed E-state index contributed by atoms with van der Waals surface area (Å²) in [6.45, 7) is 0. The maximum Gasteiger partial charge on any atom is 0.341 e. The van der Waals surface area contributed by atoms with E-state index in [1.807, 2.05) is 48.7 Å². The van der Waals surface area contributed by atoms with Gasteiger partial charge in [-0.2, -0.15) is 0 Å². The molecule has 4 rings (SSSR count).